The molecule has 7 heteroatoms. The van der Waals surface area contributed by atoms with Crippen molar-refractivity contribution < 1.29 is 9.59 Å². The number of imide groups is 1. The highest BCUT2D eigenvalue weighted by Crippen LogP contribution is 2.23. The van der Waals surface area contributed by atoms with Crippen molar-refractivity contribution in [3.05, 3.63) is 28.7 Å². The quantitative estimate of drug-likeness (QED) is 0.854. The number of nitrogens with one attached hydrogen (secondary N) is 1. The van der Waals surface area contributed by atoms with Gasteiger partial charge in [0.25, 0.3) is 11.1 Å². The second-order valence-electron chi connectivity index (χ2n) is 2.94. The molecule has 2 amide bonds. The molecule has 1 fully saturated rings. The second kappa shape index (κ2) is 4.75. The average Bonchev–Trinajstić information content (AvgIpc) is 2.57. The minimum atomic E-state index is -0.767. The molecule has 2 rings (SSSR count). The summed E-state index contributed by atoms with van der Waals surface area (Å²) >= 11 is 4.12. The predicted octanol–water partition coefficient (Wildman–Crippen LogP) is 2.84. The first kappa shape index (κ1) is 11.3. The van der Waals surface area contributed by atoms with Crippen LogP contribution >= 0.6 is 27.7 Å². The molecular weight excluding hydrogens is 294 g/mol. The highest BCUT2D eigenvalue weighted by molar-refractivity contribution is 9.10. The number of benzene rings is 1. The molecule has 0 bridgehead atoms. The van der Waals surface area contributed by atoms with Gasteiger partial charge >= 0.3 is 0 Å². The van der Waals surface area contributed by atoms with Crippen LogP contribution in [0.5, 0.6) is 0 Å². The van der Waals surface area contributed by atoms with Crippen LogP contribution in [-0.4, -0.2) is 16.5 Å². The fraction of sp³-hybridized carbons (Fsp3) is 0.111. The summed E-state index contributed by atoms with van der Waals surface area (Å²) in [6.07, 6.45) is 0. The first-order valence-electron chi connectivity index (χ1n) is 4.33. The maximum absolute atomic E-state index is 11.1. The topological polar surface area (TPSA) is 70.9 Å². The molecule has 0 radical (unpaired) electrons. The third-order valence-electron chi connectivity index (χ3n) is 1.77. The molecule has 1 N–H and O–H groups in total. The minimum absolute atomic E-state index is 0.384. The maximum Gasteiger partial charge on any atom is 0.288 e. The third kappa shape index (κ3) is 2.67. The number of nitrogens with zero attached hydrogens (tertiary/aromatic N) is 2. The van der Waals surface area contributed by atoms with Gasteiger partial charge in [0.05, 0.1) is 5.69 Å². The highest BCUT2D eigenvalue weighted by Gasteiger charge is 2.31. The number of thioether (sulfide) groups is 1. The van der Waals surface area contributed by atoms with Crippen molar-refractivity contribution in [3.63, 3.8) is 0 Å². The lowest BCUT2D eigenvalue weighted by molar-refractivity contribution is -0.118. The molecule has 1 atom stereocenters. The standard InChI is InChI=1S/C9H6BrN3O2S/c10-5-1-3-6(4-2-5)12-13-8-7(14)11-9(15)16-8/h1-4,8H,(H,11,14,15). The Kier molecular flexibility index (Phi) is 3.35. The summed E-state index contributed by atoms with van der Waals surface area (Å²) in [4.78, 5) is 22.0. The van der Waals surface area contributed by atoms with E-state index in [9.17, 15) is 9.59 Å². The number of halogens is 1. The molecule has 1 heterocycles. The summed E-state index contributed by atoms with van der Waals surface area (Å²) < 4.78 is 0.939. The third-order valence-corrected chi connectivity index (χ3v) is 3.15. The van der Waals surface area contributed by atoms with Crippen molar-refractivity contribution in [3.8, 4) is 0 Å². The van der Waals surface area contributed by atoms with Gasteiger partial charge in [-0.1, -0.05) is 15.9 Å². The fourth-order valence-electron chi connectivity index (χ4n) is 1.05. The average molecular weight is 300 g/mol. The van der Waals surface area contributed by atoms with Crippen LogP contribution in [0.4, 0.5) is 10.5 Å². The van der Waals surface area contributed by atoms with Crippen LogP contribution in [0.3, 0.4) is 0 Å². The van der Waals surface area contributed by atoms with Gasteiger partial charge in [-0.15, -0.1) is 0 Å². The highest BCUT2D eigenvalue weighted by atomic mass is 79.9. The van der Waals surface area contributed by atoms with E-state index in [1.165, 1.54) is 0 Å². The first-order valence-corrected chi connectivity index (χ1v) is 6.00. The van der Waals surface area contributed by atoms with Gasteiger partial charge in [-0.2, -0.15) is 10.2 Å². The van der Waals surface area contributed by atoms with E-state index in [-0.39, 0.29) is 5.24 Å². The second-order valence-corrected chi connectivity index (χ2v) is 4.91. The zero-order valence-corrected chi connectivity index (χ0v) is 10.3. The summed E-state index contributed by atoms with van der Waals surface area (Å²) in [7, 11) is 0. The fourth-order valence-corrected chi connectivity index (χ4v) is 1.94. The number of rotatable bonds is 2. The van der Waals surface area contributed by atoms with Gasteiger partial charge in [0.15, 0.2) is 0 Å². The van der Waals surface area contributed by atoms with Gasteiger partial charge in [0, 0.05) is 4.47 Å². The van der Waals surface area contributed by atoms with Crippen LogP contribution in [0.25, 0.3) is 0 Å². The van der Waals surface area contributed by atoms with Gasteiger partial charge in [-0.05, 0) is 36.0 Å². The van der Waals surface area contributed by atoms with Crippen molar-refractivity contribution in [2.75, 3.05) is 0 Å². The van der Waals surface area contributed by atoms with Crippen LogP contribution in [0, 0.1) is 0 Å². The Labute approximate surface area is 104 Å². The lowest BCUT2D eigenvalue weighted by Gasteiger charge is -1.95. The molecule has 82 valence electrons. The van der Waals surface area contributed by atoms with Gasteiger partial charge < -0.3 is 0 Å². The molecule has 16 heavy (non-hydrogen) atoms. The molecule has 1 aliphatic heterocycles. The van der Waals surface area contributed by atoms with Crippen LogP contribution in [-0.2, 0) is 4.79 Å². The molecule has 1 aliphatic rings. The molecule has 1 unspecified atom stereocenters. The van der Waals surface area contributed by atoms with E-state index in [1.54, 1.807) is 12.1 Å². The Hall–Kier alpha value is -1.21. The van der Waals surface area contributed by atoms with Crippen molar-refractivity contribution in [2.24, 2.45) is 10.2 Å². The van der Waals surface area contributed by atoms with Gasteiger partial charge in [0.1, 0.15) is 0 Å². The molecular formula is C9H6BrN3O2S. The molecule has 0 aliphatic carbocycles. The van der Waals surface area contributed by atoms with Crippen molar-refractivity contribution in [1.82, 2.24) is 5.32 Å². The monoisotopic (exact) mass is 299 g/mol. The molecule has 0 saturated carbocycles. The van der Waals surface area contributed by atoms with E-state index in [0.29, 0.717) is 5.69 Å². The Morgan fingerprint density at radius 1 is 1.25 bits per heavy atom. The minimum Gasteiger partial charge on any atom is -0.284 e. The molecule has 1 saturated heterocycles. The Morgan fingerprint density at radius 2 is 1.94 bits per heavy atom. The van der Waals surface area contributed by atoms with E-state index in [2.05, 4.69) is 31.5 Å². The van der Waals surface area contributed by atoms with Crippen LogP contribution in [0.15, 0.2) is 39.0 Å². The number of carbonyl (C=O) groups excluding carboxylic acids is 2. The number of azo groups is 1. The maximum atomic E-state index is 11.1. The zero-order chi connectivity index (χ0) is 11.5. The lowest BCUT2D eigenvalue weighted by atomic mass is 10.3. The predicted molar refractivity (Wildman–Crippen MR) is 63.6 cm³/mol. The van der Waals surface area contributed by atoms with Crippen LogP contribution in [0.2, 0.25) is 0 Å². The summed E-state index contributed by atoms with van der Waals surface area (Å²) in [6.45, 7) is 0. The Bertz CT molecular complexity index is 460. The van der Waals surface area contributed by atoms with Crippen molar-refractivity contribution >= 4 is 44.5 Å². The normalized spacial score (nSPS) is 20.4. The molecule has 0 spiro atoms. The number of amides is 2. The summed E-state index contributed by atoms with van der Waals surface area (Å²) in [5, 5.41) is 8.66. The Balaban J connectivity index is 2.07. The first-order chi connectivity index (χ1) is 7.65. The van der Waals surface area contributed by atoms with Crippen LogP contribution in [0.1, 0.15) is 0 Å². The van der Waals surface area contributed by atoms with Gasteiger partial charge in [-0.3, -0.25) is 14.9 Å². The Morgan fingerprint density at radius 3 is 2.50 bits per heavy atom. The van der Waals surface area contributed by atoms with E-state index in [0.717, 1.165) is 16.2 Å². The lowest BCUT2D eigenvalue weighted by Crippen LogP contribution is -2.22. The van der Waals surface area contributed by atoms with Crippen molar-refractivity contribution in [2.45, 2.75) is 5.37 Å². The summed E-state index contributed by atoms with van der Waals surface area (Å²) in [6, 6.07) is 7.16. The molecule has 5 nitrogen and oxygen atoms in total. The number of hydrogen-bond donors (Lipinski definition) is 1. The largest absolute Gasteiger partial charge is 0.288 e. The van der Waals surface area contributed by atoms with Gasteiger partial charge in [-0.25, -0.2) is 0 Å². The smallest absolute Gasteiger partial charge is 0.284 e. The number of carbonyl (C=O) groups is 2. The van der Waals surface area contributed by atoms with E-state index in [4.69, 9.17) is 0 Å². The van der Waals surface area contributed by atoms with E-state index in [1.807, 2.05) is 12.1 Å². The van der Waals surface area contributed by atoms with Crippen molar-refractivity contribution in [1.29, 1.82) is 0 Å². The zero-order valence-electron chi connectivity index (χ0n) is 7.88. The molecule has 1 aromatic rings. The molecule has 0 aromatic heterocycles. The van der Waals surface area contributed by atoms with Crippen LogP contribution < -0.4 is 5.32 Å². The summed E-state index contributed by atoms with van der Waals surface area (Å²) in [5.74, 6) is -0.420. The molecule has 1 aromatic carbocycles. The SMILES string of the molecule is O=C1NC(=O)C(N=Nc2ccc(Br)cc2)S1. The number of hydrogen-bond acceptors (Lipinski definition) is 5. The van der Waals surface area contributed by atoms with E-state index >= 15 is 0 Å². The van der Waals surface area contributed by atoms with E-state index < -0.39 is 11.3 Å². The van der Waals surface area contributed by atoms with Gasteiger partial charge in [0.2, 0.25) is 5.37 Å². The summed E-state index contributed by atoms with van der Waals surface area (Å²) in [5.41, 5.74) is 0.635.